The summed E-state index contributed by atoms with van der Waals surface area (Å²) in [7, 11) is 0. The summed E-state index contributed by atoms with van der Waals surface area (Å²) in [6.07, 6.45) is 0. The number of nitrogens with two attached hydrogens (primary N) is 1. The van der Waals surface area contributed by atoms with Crippen molar-refractivity contribution < 1.29 is 9.53 Å². The number of carbonyl (C=O) groups is 1. The molecule has 0 heterocycles. The van der Waals surface area contributed by atoms with Gasteiger partial charge in [0.1, 0.15) is 12.4 Å². The van der Waals surface area contributed by atoms with Crippen LogP contribution in [0.1, 0.15) is 0 Å². The minimum Gasteiger partial charge on any atom is -0.485 e. The summed E-state index contributed by atoms with van der Waals surface area (Å²) in [6.45, 7) is 0.0452. The maximum atomic E-state index is 10.8. The Morgan fingerprint density at radius 3 is 2.77 bits per heavy atom. The van der Waals surface area contributed by atoms with Crippen molar-refractivity contribution in [3.63, 3.8) is 0 Å². The molecule has 0 radical (unpaired) electrons. The Bertz CT molecular complexity index is 301. The first-order valence-corrected chi connectivity index (χ1v) is 4.62. The van der Waals surface area contributed by atoms with E-state index in [1.807, 2.05) is 18.2 Å². The maximum absolute atomic E-state index is 10.8. The monoisotopic (exact) mass is 243 g/mol. The van der Waals surface area contributed by atoms with Gasteiger partial charge in [0.15, 0.2) is 5.78 Å². The molecule has 0 aliphatic rings. The highest BCUT2D eigenvalue weighted by molar-refractivity contribution is 9.10. The molecule has 0 aliphatic carbocycles. The smallest absolute Gasteiger partial charge is 0.183 e. The normalized spacial score (nSPS) is 9.69. The molecule has 4 heteroatoms. The zero-order chi connectivity index (χ0) is 9.68. The molecule has 0 saturated carbocycles. The van der Waals surface area contributed by atoms with Gasteiger partial charge in [-0.05, 0) is 28.1 Å². The van der Waals surface area contributed by atoms with Crippen LogP contribution in [0.3, 0.4) is 0 Å². The topological polar surface area (TPSA) is 52.3 Å². The predicted molar refractivity (Wildman–Crippen MR) is 53.7 cm³/mol. The lowest BCUT2D eigenvalue weighted by Gasteiger charge is -2.05. The molecular weight excluding hydrogens is 234 g/mol. The predicted octanol–water partition coefficient (Wildman–Crippen LogP) is 1.36. The van der Waals surface area contributed by atoms with Crippen molar-refractivity contribution in [1.29, 1.82) is 0 Å². The summed E-state index contributed by atoms with van der Waals surface area (Å²) in [5, 5.41) is 0. The molecule has 1 rings (SSSR count). The zero-order valence-corrected chi connectivity index (χ0v) is 8.58. The van der Waals surface area contributed by atoms with E-state index in [1.54, 1.807) is 6.07 Å². The van der Waals surface area contributed by atoms with Gasteiger partial charge in [0.2, 0.25) is 0 Å². The number of carbonyl (C=O) groups excluding carboxylic acids is 1. The fourth-order valence-electron chi connectivity index (χ4n) is 0.779. The first-order chi connectivity index (χ1) is 6.24. The summed E-state index contributed by atoms with van der Waals surface area (Å²) in [4.78, 5) is 10.8. The van der Waals surface area contributed by atoms with Crippen LogP contribution in [0, 0.1) is 0 Å². The Morgan fingerprint density at radius 2 is 2.15 bits per heavy atom. The molecule has 0 atom stereocenters. The molecule has 0 saturated heterocycles. The molecule has 1 aromatic carbocycles. The van der Waals surface area contributed by atoms with E-state index < -0.39 is 0 Å². The number of benzene rings is 1. The highest BCUT2D eigenvalue weighted by atomic mass is 79.9. The van der Waals surface area contributed by atoms with Crippen LogP contribution in [-0.4, -0.2) is 18.9 Å². The van der Waals surface area contributed by atoms with Gasteiger partial charge < -0.3 is 10.5 Å². The van der Waals surface area contributed by atoms with Crippen LogP contribution in [0.15, 0.2) is 28.7 Å². The van der Waals surface area contributed by atoms with Crippen LogP contribution in [0.5, 0.6) is 5.75 Å². The molecule has 0 amide bonds. The van der Waals surface area contributed by atoms with Crippen LogP contribution in [0.2, 0.25) is 0 Å². The summed E-state index contributed by atoms with van der Waals surface area (Å²) in [6, 6.07) is 7.35. The fourth-order valence-corrected chi connectivity index (χ4v) is 1.18. The second-order valence-corrected chi connectivity index (χ2v) is 3.32. The van der Waals surface area contributed by atoms with E-state index in [4.69, 9.17) is 10.5 Å². The number of ether oxygens (including phenoxy) is 1. The number of Topliss-reactive ketones (excluding diaryl/α,β-unsaturated/α-hetero) is 1. The standard InChI is InChI=1S/C9H10BrNO2/c10-8-3-1-2-4-9(8)13-6-7(12)5-11/h1-4H,5-6,11H2. The molecular formula is C9H10BrNO2. The highest BCUT2D eigenvalue weighted by Crippen LogP contribution is 2.23. The van der Waals surface area contributed by atoms with Crippen LogP contribution in [-0.2, 0) is 4.79 Å². The van der Waals surface area contributed by atoms with Gasteiger partial charge in [0.25, 0.3) is 0 Å². The molecule has 13 heavy (non-hydrogen) atoms. The Balaban J connectivity index is 2.54. The van der Waals surface area contributed by atoms with Crippen molar-refractivity contribution in [2.45, 2.75) is 0 Å². The molecule has 0 aromatic heterocycles. The first kappa shape index (κ1) is 10.2. The molecule has 0 aliphatic heterocycles. The van der Waals surface area contributed by atoms with Crippen LogP contribution >= 0.6 is 15.9 Å². The van der Waals surface area contributed by atoms with Gasteiger partial charge >= 0.3 is 0 Å². The van der Waals surface area contributed by atoms with E-state index in [2.05, 4.69) is 15.9 Å². The third-order valence-electron chi connectivity index (χ3n) is 1.45. The van der Waals surface area contributed by atoms with Gasteiger partial charge in [-0.2, -0.15) is 0 Å². The van der Waals surface area contributed by atoms with Gasteiger partial charge in [-0.1, -0.05) is 12.1 Å². The Kier molecular flexibility index (Phi) is 3.92. The summed E-state index contributed by atoms with van der Waals surface area (Å²) in [5.74, 6) is 0.542. The van der Waals surface area contributed by atoms with E-state index in [-0.39, 0.29) is 18.9 Å². The number of rotatable bonds is 4. The zero-order valence-electron chi connectivity index (χ0n) is 7.00. The molecule has 0 fully saturated rings. The average Bonchev–Trinajstić information content (AvgIpc) is 2.16. The average molecular weight is 244 g/mol. The van der Waals surface area contributed by atoms with Gasteiger partial charge in [-0.3, -0.25) is 4.79 Å². The van der Waals surface area contributed by atoms with Crippen molar-refractivity contribution in [2.75, 3.05) is 13.2 Å². The van der Waals surface area contributed by atoms with Gasteiger partial charge in [-0.15, -0.1) is 0 Å². The first-order valence-electron chi connectivity index (χ1n) is 3.83. The third-order valence-corrected chi connectivity index (χ3v) is 2.11. The summed E-state index contributed by atoms with van der Waals surface area (Å²) < 4.78 is 6.05. The quantitative estimate of drug-likeness (QED) is 0.869. The summed E-state index contributed by atoms with van der Waals surface area (Å²) in [5.41, 5.74) is 5.13. The molecule has 0 unspecified atom stereocenters. The number of halogens is 1. The van der Waals surface area contributed by atoms with Crippen molar-refractivity contribution in [2.24, 2.45) is 5.73 Å². The van der Waals surface area contributed by atoms with E-state index >= 15 is 0 Å². The lowest BCUT2D eigenvalue weighted by molar-refractivity contribution is -0.119. The molecule has 3 nitrogen and oxygen atoms in total. The van der Waals surface area contributed by atoms with E-state index in [1.165, 1.54) is 0 Å². The van der Waals surface area contributed by atoms with E-state index in [0.29, 0.717) is 5.75 Å². The Hall–Kier alpha value is -0.870. The van der Waals surface area contributed by atoms with Crippen molar-refractivity contribution in [3.8, 4) is 5.75 Å². The SMILES string of the molecule is NCC(=O)COc1ccccc1Br. The molecule has 2 N–H and O–H groups in total. The maximum Gasteiger partial charge on any atom is 0.183 e. The largest absolute Gasteiger partial charge is 0.485 e. The Labute approximate surface area is 85.0 Å². The molecule has 70 valence electrons. The third kappa shape index (κ3) is 3.16. The molecule has 0 bridgehead atoms. The van der Waals surface area contributed by atoms with Gasteiger partial charge in [0.05, 0.1) is 11.0 Å². The number of para-hydroxylation sites is 1. The minimum atomic E-state index is -0.115. The van der Waals surface area contributed by atoms with Crippen LogP contribution in [0.25, 0.3) is 0 Å². The second-order valence-electron chi connectivity index (χ2n) is 2.46. The number of hydrogen-bond acceptors (Lipinski definition) is 3. The number of ketones is 1. The van der Waals surface area contributed by atoms with Crippen LogP contribution in [0.4, 0.5) is 0 Å². The van der Waals surface area contributed by atoms with Gasteiger partial charge in [-0.25, -0.2) is 0 Å². The van der Waals surface area contributed by atoms with Crippen molar-refractivity contribution in [3.05, 3.63) is 28.7 Å². The van der Waals surface area contributed by atoms with Crippen molar-refractivity contribution in [1.82, 2.24) is 0 Å². The summed E-state index contributed by atoms with van der Waals surface area (Å²) >= 11 is 3.30. The van der Waals surface area contributed by atoms with E-state index in [9.17, 15) is 4.79 Å². The molecule has 1 aromatic rings. The second kappa shape index (κ2) is 4.99. The van der Waals surface area contributed by atoms with Gasteiger partial charge in [0, 0.05) is 0 Å². The Morgan fingerprint density at radius 1 is 1.46 bits per heavy atom. The lowest BCUT2D eigenvalue weighted by atomic mass is 10.3. The van der Waals surface area contributed by atoms with Crippen LogP contribution < -0.4 is 10.5 Å². The number of hydrogen-bond donors (Lipinski definition) is 1. The van der Waals surface area contributed by atoms with Crippen molar-refractivity contribution >= 4 is 21.7 Å². The minimum absolute atomic E-state index is 0.0183. The fraction of sp³-hybridized carbons (Fsp3) is 0.222. The lowest BCUT2D eigenvalue weighted by Crippen LogP contribution is -2.20. The van der Waals surface area contributed by atoms with E-state index in [0.717, 1.165) is 4.47 Å². The highest BCUT2D eigenvalue weighted by Gasteiger charge is 2.02. The molecule has 0 spiro atoms.